The second kappa shape index (κ2) is 4.95. The van der Waals surface area contributed by atoms with Crippen molar-refractivity contribution in [2.24, 2.45) is 0 Å². The maximum Gasteiger partial charge on any atom is 0.290 e. The van der Waals surface area contributed by atoms with Gasteiger partial charge in [0.25, 0.3) is 6.69 Å². The molecule has 0 rings (SSSR count). The molecule has 41 valence electrons. The molecule has 1 unspecified atom stereocenters. The van der Waals surface area contributed by atoms with Crippen LogP contribution in [0.25, 0.3) is 0 Å². The quantitative estimate of drug-likeness (QED) is 0.457. The van der Waals surface area contributed by atoms with Crippen LogP contribution in [0.5, 0.6) is 0 Å². The molecule has 0 amide bonds. The van der Waals surface area contributed by atoms with Gasteiger partial charge >= 0.3 is 0 Å². The second-order valence-electron chi connectivity index (χ2n) is 1.58. The third-order valence-electron chi connectivity index (χ3n) is 0.469. The largest absolute Gasteiger partial charge is 0.348 e. The van der Waals surface area contributed by atoms with Gasteiger partial charge in [0.15, 0.2) is 0 Å². The molecule has 1 nitrogen and oxygen atoms in total. The lowest BCUT2D eigenvalue weighted by molar-refractivity contribution is 0.759. The monoisotopic (exact) mass is 134 g/mol. The first-order valence-corrected chi connectivity index (χ1v) is 4.56. The summed E-state index contributed by atoms with van der Waals surface area (Å²) < 4.78 is 0. The van der Waals surface area contributed by atoms with Crippen molar-refractivity contribution in [3.8, 4) is 0 Å². The third-order valence-corrected chi connectivity index (χ3v) is 1.15. The zero-order chi connectivity index (χ0) is 5.70. The molecule has 4 heteroatoms. The Hall–Kier alpha value is 0.805. The fourth-order valence-corrected chi connectivity index (χ4v) is 0.762. The van der Waals surface area contributed by atoms with Crippen LogP contribution in [0.2, 0.25) is 0 Å². The SMILES string of the molecule is CC(C)N[B]SP. The Morgan fingerprint density at radius 3 is 2.43 bits per heavy atom. The molecule has 0 aliphatic carbocycles. The molecule has 0 heterocycles. The van der Waals surface area contributed by atoms with Crippen LogP contribution in [0, 0.1) is 0 Å². The average Bonchev–Trinajstić information content (AvgIpc) is 1.61. The molecule has 1 radical (unpaired) electrons. The minimum Gasteiger partial charge on any atom is -0.348 e. The van der Waals surface area contributed by atoms with E-state index in [9.17, 15) is 0 Å². The standard InChI is InChI=1S/C3H10BNPS/c1-3(2)5-4-7-6/h3,5H,6H2,1-2H3. The lowest BCUT2D eigenvalue weighted by Crippen LogP contribution is -2.23. The van der Waals surface area contributed by atoms with E-state index in [0.29, 0.717) is 6.04 Å². The Kier molecular flexibility index (Phi) is 5.52. The van der Waals surface area contributed by atoms with Gasteiger partial charge in [0, 0.05) is 0 Å². The van der Waals surface area contributed by atoms with Gasteiger partial charge in [-0.2, -0.15) is 11.2 Å². The predicted molar refractivity (Wildman–Crippen MR) is 41.3 cm³/mol. The van der Waals surface area contributed by atoms with E-state index < -0.39 is 0 Å². The number of rotatable bonds is 3. The molecule has 0 aliphatic rings. The van der Waals surface area contributed by atoms with E-state index in [1.807, 2.05) is 6.69 Å². The van der Waals surface area contributed by atoms with E-state index in [1.54, 1.807) is 11.2 Å². The Bertz CT molecular complexity index is 43.9. The summed E-state index contributed by atoms with van der Waals surface area (Å²) in [5.41, 5.74) is 0. The van der Waals surface area contributed by atoms with Gasteiger partial charge in [-0.1, -0.05) is 22.3 Å². The molecule has 1 atom stereocenters. The van der Waals surface area contributed by atoms with Gasteiger partial charge in [-0.15, -0.1) is 0 Å². The highest BCUT2D eigenvalue weighted by Gasteiger charge is 1.88. The molecule has 0 aliphatic heterocycles. The Balaban J connectivity index is 2.68. The summed E-state index contributed by atoms with van der Waals surface area (Å²) in [5.74, 6) is 0. The Morgan fingerprint density at radius 1 is 1.71 bits per heavy atom. The van der Waals surface area contributed by atoms with E-state index in [0.717, 1.165) is 0 Å². The maximum atomic E-state index is 3.11. The van der Waals surface area contributed by atoms with Crippen LogP contribution in [0.15, 0.2) is 0 Å². The normalized spacial score (nSPS) is 9.71. The van der Waals surface area contributed by atoms with E-state index in [4.69, 9.17) is 0 Å². The molecule has 7 heavy (non-hydrogen) atoms. The smallest absolute Gasteiger partial charge is 0.290 e. The van der Waals surface area contributed by atoms with E-state index in [2.05, 4.69) is 27.5 Å². The van der Waals surface area contributed by atoms with Crippen molar-refractivity contribution in [3.05, 3.63) is 0 Å². The maximum absolute atomic E-state index is 3.11. The van der Waals surface area contributed by atoms with Crippen LogP contribution >= 0.6 is 19.7 Å². The van der Waals surface area contributed by atoms with Gasteiger partial charge in [0.1, 0.15) is 0 Å². The van der Waals surface area contributed by atoms with Crippen molar-refractivity contribution in [2.75, 3.05) is 0 Å². The van der Waals surface area contributed by atoms with Crippen molar-refractivity contribution >= 4 is 26.4 Å². The third kappa shape index (κ3) is 6.80. The van der Waals surface area contributed by atoms with E-state index in [-0.39, 0.29) is 0 Å². The summed E-state index contributed by atoms with van der Waals surface area (Å²) in [6.45, 7) is 6.17. The lowest BCUT2D eigenvalue weighted by atomic mass is 10.3. The van der Waals surface area contributed by atoms with Crippen molar-refractivity contribution in [1.82, 2.24) is 5.23 Å². The molecular formula is C3H10BNPS. The molecule has 0 aromatic carbocycles. The summed E-state index contributed by atoms with van der Waals surface area (Å²) in [7, 11) is 2.54. The number of nitrogens with one attached hydrogen (secondary N) is 1. The molecule has 1 N–H and O–H groups in total. The van der Waals surface area contributed by atoms with Gasteiger partial charge in [-0.3, -0.25) is 0 Å². The van der Waals surface area contributed by atoms with E-state index in [1.165, 1.54) is 0 Å². The first-order valence-electron chi connectivity index (χ1n) is 2.20. The van der Waals surface area contributed by atoms with Crippen molar-refractivity contribution in [2.45, 2.75) is 19.9 Å². The van der Waals surface area contributed by atoms with Crippen LogP contribution in [0.4, 0.5) is 0 Å². The summed E-state index contributed by atoms with van der Waals surface area (Å²) in [6, 6.07) is 0.563. The summed E-state index contributed by atoms with van der Waals surface area (Å²) in [4.78, 5) is 0. The van der Waals surface area contributed by atoms with Crippen LogP contribution < -0.4 is 5.23 Å². The highest BCUT2D eigenvalue weighted by molar-refractivity contribution is 8.57. The van der Waals surface area contributed by atoms with Crippen molar-refractivity contribution in [1.29, 1.82) is 0 Å². The molecule has 0 saturated carbocycles. The lowest BCUT2D eigenvalue weighted by Gasteiger charge is -2.01. The Morgan fingerprint density at radius 2 is 2.29 bits per heavy atom. The number of hydrogen-bond acceptors (Lipinski definition) is 2. The van der Waals surface area contributed by atoms with Crippen LogP contribution in [-0.2, 0) is 0 Å². The van der Waals surface area contributed by atoms with Crippen LogP contribution in [0.1, 0.15) is 13.8 Å². The van der Waals surface area contributed by atoms with Crippen LogP contribution in [-0.4, -0.2) is 12.7 Å². The summed E-state index contributed by atoms with van der Waals surface area (Å²) in [6.07, 6.45) is 0. The predicted octanol–water partition coefficient (Wildman–Crippen LogP) is 1.04. The Labute approximate surface area is 52.1 Å². The van der Waals surface area contributed by atoms with Crippen LogP contribution in [0.3, 0.4) is 0 Å². The van der Waals surface area contributed by atoms with Gasteiger partial charge in [0.05, 0.1) is 0 Å². The van der Waals surface area contributed by atoms with Crippen molar-refractivity contribution in [3.63, 3.8) is 0 Å². The molecule has 0 fully saturated rings. The molecule has 0 bridgehead atoms. The minimum atomic E-state index is 0.563. The average molecular weight is 134 g/mol. The van der Waals surface area contributed by atoms with Gasteiger partial charge < -0.3 is 5.23 Å². The number of hydrogen-bond donors (Lipinski definition) is 1. The fraction of sp³-hybridized carbons (Fsp3) is 1.00. The molecule has 0 spiro atoms. The fourth-order valence-electron chi connectivity index (χ4n) is 0.175. The van der Waals surface area contributed by atoms with Gasteiger partial charge in [-0.25, -0.2) is 0 Å². The summed E-state index contributed by atoms with van der Waals surface area (Å²) >= 11 is 1.61. The molecule has 0 saturated heterocycles. The zero-order valence-electron chi connectivity index (χ0n) is 4.64. The van der Waals surface area contributed by atoms with Crippen molar-refractivity contribution < 1.29 is 0 Å². The zero-order valence-corrected chi connectivity index (χ0v) is 6.61. The first kappa shape index (κ1) is 7.80. The molecular weight excluding hydrogens is 124 g/mol. The highest BCUT2D eigenvalue weighted by atomic mass is 32.7. The topological polar surface area (TPSA) is 12.0 Å². The highest BCUT2D eigenvalue weighted by Crippen LogP contribution is 2.03. The first-order chi connectivity index (χ1) is 3.27. The van der Waals surface area contributed by atoms with Gasteiger partial charge in [-0.05, 0) is 6.04 Å². The molecule has 0 aromatic rings. The second-order valence-corrected chi connectivity index (χ2v) is 2.90. The van der Waals surface area contributed by atoms with Gasteiger partial charge in [0.2, 0.25) is 0 Å². The minimum absolute atomic E-state index is 0.563. The van der Waals surface area contributed by atoms with E-state index >= 15 is 0 Å². The molecule has 0 aromatic heterocycles. The summed E-state index contributed by atoms with van der Waals surface area (Å²) in [5, 5.41) is 3.11.